The maximum absolute atomic E-state index is 13.7. The summed E-state index contributed by atoms with van der Waals surface area (Å²) >= 11 is 0. The lowest BCUT2D eigenvalue weighted by Gasteiger charge is -2.33. The molecule has 1 aliphatic rings. The Morgan fingerprint density at radius 3 is 2.11 bits per heavy atom. The predicted molar refractivity (Wildman–Crippen MR) is 179 cm³/mol. The predicted octanol–water partition coefficient (Wildman–Crippen LogP) is 4.06. The second-order valence-electron chi connectivity index (χ2n) is 14.1. The molecule has 2 aromatic rings. The van der Waals surface area contributed by atoms with E-state index in [1.54, 1.807) is 0 Å². The molecule has 1 saturated heterocycles. The Hall–Kier alpha value is -3.47. The number of likely N-dealkylation sites (tertiary alicyclic amines) is 1. The number of amides is 3. The van der Waals surface area contributed by atoms with Crippen LogP contribution >= 0.6 is 0 Å². The second-order valence-corrected chi connectivity index (χ2v) is 14.1. The minimum Gasteiger partial charge on any atom is -0.445 e. The molecule has 3 rings (SSSR count). The summed E-state index contributed by atoms with van der Waals surface area (Å²) in [5.41, 5.74) is 1.36. The van der Waals surface area contributed by atoms with Gasteiger partial charge < -0.3 is 30.5 Å². The van der Waals surface area contributed by atoms with Crippen LogP contribution in [-0.2, 0) is 32.1 Å². The van der Waals surface area contributed by atoms with Gasteiger partial charge in [0, 0.05) is 25.2 Å². The summed E-state index contributed by atoms with van der Waals surface area (Å²) in [6, 6.07) is 16.9. The van der Waals surface area contributed by atoms with E-state index in [0.29, 0.717) is 31.9 Å². The summed E-state index contributed by atoms with van der Waals surface area (Å²) in [6.07, 6.45) is -0.992. The van der Waals surface area contributed by atoms with E-state index >= 15 is 0 Å². The Bertz CT molecular complexity index is 1230. The summed E-state index contributed by atoms with van der Waals surface area (Å²) in [4.78, 5) is 41.7. The fraction of sp³-hybridized carbons (Fsp3) is 0.583. The largest absolute Gasteiger partial charge is 0.445 e. The van der Waals surface area contributed by atoms with E-state index in [1.165, 1.54) is 0 Å². The average Bonchev–Trinajstić information content (AvgIpc) is 3.40. The maximum Gasteiger partial charge on any atom is 0.408 e. The van der Waals surface area contributed by atoms with Crippen molar-refractivity contribution < 1.29 is 29.0 Å². The van der Waals surface area contributed by atoms with Gasteiger partial charge >= 0.3 is 6.09 Å². The molecule has 1 heterocycles. The summed E-state index contributed by atoms with van der Waals surface area (Å²) in [7, 11) is 0. The van der Waals surface area contributed by atoms with Gasteiger partial charge in [0.05, 0.1) is 24.3 Å². The number of nitrogens with zero attached hydrogens (tertiary/aromatic N) is 1. The molecule has 0 spiro atoms. The molecule has 5 atom stereocenters. The van der Waals surface area contributed by atoms with Crippen LogP contribution in [0.2, 0.25) is 0 Å². The molecule has 0 unspecified atom stereocenters. The number of aliphatic hydroxyl groups is 1. The van der Waals surface area contributed by atoms with Crippen molar-refractivity contribution in [3.05, 3.63) is 71.8 Å². The van der Waals surface area contributed by atoms with E-state index in [4.69, 9.17) is 9.47 Å². The van der Waals surface area contributed by atoms with Crippen LogP contribution in [0.5, 0.6) is 0 Å². The summed E-state index contributed by atoms with van der Waals surface area (Å²) in [5.74, 6) is -0.433. The van der Waals surface area contributed by atoms with Gasteiger partial charge in [-0.1, -0.05) is 88.4 Å². The first-order valence-electron chi connectivity index (χ1n) is 16.4. The van der Waals surface area contributed by atoms with Gasteiger partial charge in [0.25, 0.3) is 0 Å². The van der Waals surface area contributed by atoms with Gasteiger partial charge in [-0.15, -0.1) is 0 Å². The summed E-state index contributed by atoms with van der Waals surface area (Å²) < 4.78 is 11.5. The Labute approximate surface area is 274 Å². The van der Waals surface area contributed by atoms with Crippen LogP contribution in [0.25, 0.3) is 0 Å². The normalized spacial score (nSPS) is 19.0. The molecule has 2 aromatic carbocycles. The van der Waals surface area contributed by atoms with Crippen molar-refractivity contribution in [1.82, 2.24) is 20.9 Å². The van der Waals surface area contributed by atoms with Crippen LogP contribution in [0.3, 0.4) is 0 Å². The fourth-order valence-corrected chi connectivity index (χ4v) is 5.46. The van der Waals surface area contributed by atoms with Crippen molar-refractivity contribution in [1.29, 1.82) is 0 Å². The van der Waals surface area contributed by atoms with E-state index in [9.17, 15) is 19.5 Å². The smallest absolute Gasteiger partial charge is 0.408 e. The first-order chi connectivity index (χ1) is 21.7. The Morgan fingerprint density at radius 2 is 1.54 bits per heavy atom. The third kappa shape index (κ3) is 12.4. The number of alkyl carbamates (subject to hydrolysis) is 1. The fourth-order valence-electron chi connectivity index (χ4n) is 5.46. The lowest BCUT2D eigenvalue weighted by molar-refractivity contribution is -0.128. The van der Waals surface area contributed by atoms with Crippen LogP contribution in [0.4, 0.5) is 4.79 Å². The minimum absolute atomic E-state index is 0.0795. The van der Waals surface area contributed by atoms with Crippen LogP contribution in [0.15, 0.2) is 60.7 Å². The SMILES string of the molecule is CC(C)CO[C@H]1C[C@@H](C(=O)NC(C)(C)C)N(C[C@@H](O)[C@H](Cc2ccccc2)NC(=O)[C@@H](NC(=O)OCc2ccccc2)C(C)C)C1. The van der Waals surface area contributed by atoms with Gasteiger partial charge in [0.15, 0.2) is 0 Å². The van der Waals surface area contributed by atoms with Gasteiger partial charge in [0.1, 0.15) is 12.6 Å². The van der Waals surface area contributed by atoms with Crippen LogP contribution in [-0.4, -0.2) is 83.5 Å². The Kier molecular flexibility index (Phi) is 14.0. The van der Waals surface area contributed by atoms with Gasteiger partial charge in [-0.2, -0.15) is 0 Å². The number of nitrogens with one attached hydrogen (secondary N) is 3. The molecular weight excluding hydrogens is 584 g/mol. The van der Waals surface area contributed by atoms with Crippen molar-refractivity contribution in [2.75, 3.05) is 19.7 Å². The van der Waals surface area contributed by atoms with Gasteiger partial charge in [-0.3, -0.25) is 14.5 Å². The van der Waals surface area contributed by atoms with Crippen LogP contribution in [0.1, 0.15) is 66.0 Å². The number of hydrogen-bond acceptors (Lipinski definition) is 7. The van der Waals surface area contributed by atoms with Crippen molar-refractivity contribution in [2.24, 2.45) is 11.8 Å². The highest BCUT2D eigenvalue weighted by Gasteiger charge is 2.40. The van der Waals surface area contributed by atoms with Crippen LogP contribution < -0.4 is 16.0 Å². The molecule has 0 saturated carbocycles. The number of carbonyl (C=O) groups is 3. The van der Waals surface area contributed by atoms with Crippen molar-refractivity contribution in [2.45, 2.75) is 104 Å². The first-order valence-corrected chi connectivity index (χ1v) is 16.4. The molecule has 4 N–H and O–H groups in total. The number of hydrogen-bond donors (Lipinski definition) is 4. The van der Waals surface area contributed by atoms with E-state index in [0.717, 1.165) is 11.1 Å². The minimum atomic E-state index is -1.02. The zero-order chi connectivity index (χ0) is 33.9. The van der Waals surface area contributed by atoms with Crippen molar-refractivity contribution in [3.8, 4) is 0 Å². The molecular formula is C36H54N4O6. The first kappa shape index (κ1) is 37.0. The summed E-state index contributed by atoms with van der Waals surface area (Å²) in [6.45, 7) is 15.0. The molecule has 0 aliphatic carbocycles. The van der Waals surface area contributed by atoms with Gasteiger partial charge in [-0.25, -0.2) is 4.79 Å². The molecule has 10 heteroatoms. The number of aliphatic hydroxyl groups excluding tert-OH is 1. The van der Waals surface area contributed by atoms with E-state index < -0.39 is 41.8 Å². The third-order valence-electron chi connectivity index (χ3n) is 7.78. The zero-order valence-electron chi connectivity index (χ0n) is 28.5. The monoisotopic (exact) mass is 638 g/mol. The number of ether oxygens (including phenoxy) is 2. The lowest BCUT2D eigenvalue weighted by Crippen LogP contribution is -2.57. The number of rotatable bonds is 15. The Balaban J connectivity index is 1.75. The molecule has 46 heavy (non-hydrogen) atoms. The molecule has 0 bridgehead atoms. The molecule has 0 radical (unpaired) electrons. The van der Waals surface area contributed by atoms with E-state index in [-0.39, 0.29) is 31.1 Å². The van der Waals surface area contributed by atoms with Gasteiger partial charge in [-0.05, 0) is 56.6 Å². The van der Waals surface area contributed by atoms with Crippen molar-refractivity contribution >= 4 is 17.9 Å². The van der Waals surface area contributed by atoms with E-state index in [2.05, 4.69) is 29.8 Å². The third-order valence-corrected chi connectivity index (χ3v) is 7.78. The standard InChI is InChI=1S/C36H54N4O6/c1-24(2)22-45-28-19-30(33(42)39-36(5,6)7)40(20-28)21-31(41)29(18-26-14-10-8-11-15-26)37-34(43)32(25(3)4)38-35(44)46-23-27-16-12-9-13-17-27/h8-17,24-25,28-32,41H,18-23H2,1-7H3,(H,37,43)(H,38,44)(H,39,42)/t28-,29-,30-,31+,32-/m0/s1. The van der Waals surface area contributed by atoms with Crippen molar-refractivity contribution in [3.63, 3.8) is 0 Å². The summed E-state index contributed by atoms with van der Waals surface area (Å²) in [5, 5.41) is 20.5. The lowest BCUT2D eigenvalue weighted by atomic mass is 9.98. The zero-order valence-corrected chi connectivity index (χ0v) is 28.5. The molecule has 254 valence electrons. The Morgan fingerprint density at radius 1 is 0.935 bits per heavy atom. The molecule has 1 fully saturated rings. The molecule has 3 amide bonds. The maximum atomic E-state index is 13.7. The molecule has 0 aromatic heterocycles. The topological polar surface area (TPSA) is 129 Å². The number of benzene rings is 2. The van der Waals surface area contributed by atoms with Gasteiger partial charge in [0.2, 0.25) is 11.8 Å². The van der Waals surface area contributed by atoms with Crippen LogP contribution in [0, 0.1) is 11.8 Å². The quantitative estimate of drug-likeness (QED) is 0.232. The molecule has 10 nitrogen and oxygen atoms in total. The number of β-amino-alcohol motifs (C(OH)–C–C–N with tert-alkyl or cyclic N) is 1. The highest BCUT2D eigenvalue weighted by molar-refractivity contribution is 5.86. The highest BCUT2D eigenvalue weighted by atomic mass is 16.5. The number of carbonyl (C=O) groups excluding carboxylic acids is 3. The average molecular weight is 639 g/mol. The second kappa shape index (κ2) is 17.4. The molecule has 1 aliphatic heterocycles. The highest BCUT2D eigenvalue weighted by Crippen LogP contribution is 2.23. The van der Waals surface area contributed by atoms with E-state index in [1.807, 2.05) is 100 Å².